The molecule has 0 aromatic carbocycles. The maximum Gasteiger partial charge on any atom is 0.0633 e. The second-order valence-corrected chi connectivity index (χ2v) is 12.3. The van der Waals surface area contributed by atoms with Crippen LogP contribution in [0.3, 0.4) is 0 Å². The van der Waals surface area contributed by atoms with Gasteiger partial charge in [0.25, 0.3) is 0 Å². The SMILES string of the molecule is CCCC[C@@H](C)[C@H]1CC[C@H]2C3[C@H](OC)CC4C[C@H](OC)CC[C@]4(C)[C@H]3C[C@H](OC)[C@]12C. The lowest BCUT2D eigenvalue weighted by molar-refractivity contribution is -0.218. The van der Waals surface area contributed by atoms with E-state index in [0.29, 0.717) is 35.1 Å². The molecule has 0 bridgehead atoms. The third-order valence-corrected chi connectivity index (χ3v) is 11.4. The molecule has 0 N–H and O–H groups in total. The van der Waals surface area contributed by atoms with Crippen molar-refractivity contribution in [2.75, 3.05) is 21.3 Å². The summed E-state index contributed by atoms with van der Waals surface area (Å²) >= 11 is 0. The standard InChI is InChI=1S/C28H50O3/c1-8-9-10-18(2)21-11-12-22-26-23(17-25(31-7)28(21,22)4)27(3)14-13-20(29-5)15-19(27)16-24(26)30-6/h18-26H,8-17H2,1-7H3/t18-,19?,20-,21-,22+,23+,24-,25+,26?,27+,28-/m1/s1. The summed E-state index contributed by atoms with van der Waals surface area (Å²) in [5, 5.41) is 0. The van der Waals surface area contributed by atoms with Gasteiger partial charge in [-0.15, -0.1) is 0 Å². The van der Waals surface area contributed by atoms with Crippen LogP contribution >= 0.6 is 0 Å². The molecule has 2 unspecified atom stereocenters. The maximum atomic E-state index is 6.41. The van der Waals surface area contributed by atoms with E-state index in [0.717, 1.165) is 29.6 Å². The highest BCUT2D eigenvalue weighted by Crippen LogP contribution is 2.69. The lowest BCUT2D eigenvalue weighted by atomic mass is 9.43. The van der Waals surface area contributed by atoms with Crippen LogP contribution in [0.2, 0.25) is 0 Å². The fourth-order valence-corrected chi connectivity index (χ4v) is 9.60. The molecule has 4 rings (SSSR count). The van der Waals surface area contributed by atoms with Gasteiger partial charge in [-0.25, -0.2) is 0 Å². The summed E-state index contributed by atoms with van der Waals surface area (Å²) in [6, 6.07) is 0. The largest absolute Gasteiger partial charge is 0.381 e. The van der Waals surface area contributed by atoms with Gasteiger partial charge >= 0.3 is 0 Å². The molecule has 180 valence electrons. The molecule has 3 nitrogen and oxygen atoms in total. The van der Waals surface area contributed by atoms with Crippen LogP contribution in [0.15, 0.2) is 0 Å². The maximum absolute atomic E-state index is 6.41. The van der Waals surface area contributed by atoms with Gasteiger partial charge in [0, 0.05) is 26.7 Å². The summed E-state index contributed by atoms with van der Waals surface area (Å²) in [5.74, 6) is 4.48. The number of hydrogen-bond acceptors (Lipinski definition) is 3. The van der Waals surface area contributed by atoms with Crippen molar-refractivity contribution in [3.8, 4) is 0 Å². The van der Waals surface area contributed by atoms with E-state index in [9.17, 15) is 0 Å². The first-order valence-electron chi connectivity index (χ1n) is 13.4. The molecule has 0 radical (unpaired) electrons. The minimum Gasteiger partial charge on any atom is -0.381 e. The highest BCUT2D eigenvalue weighted by molar-refractivity contribution is 5.15. The van der Waals surface area contributed by atoms with Crippen molar-refractivity contribution < 1.29 is 14.2 Å². The molecular formula is C28H50O3. The predicted octanol–water partition coefficient (Wildman–Crippen LogP) is 6.74. The number of methoxy groups -OCH3 is 3. The van der Waals surface area contributed by atoms with Crippen molar-refractivity contribution in [3.63, 3.8) is 0 Å². The molecule has 4 aliphatic carbocycles. The molecule has 11 atom stereocenters. The molecule has 0 aromatic heterocycles. The van der Waals surface area contributed by atoms with E-state index < -0.39 is 0 Å². The third kappa shape index (κ3) is 3.73. The Hall–Kier alpha value is -0.120. The summed E-state index contributed by atoms with van der Waals surface area (Å²) < 4.78 is 18.6. The van der Waals surface area contributed by atoms with E-state index in [1.165, 1.54) is 64.2 Å². The number of fused-ring (bicyclic) bond motifs is 5. The van der Waals surface area contributed by atoms with Crippen LogP contribution in [-0.4, -0.2) is 39.6 Å². The fourth-order valence-electron chi connectivity index (χ4n) is 9.60. The molecule has 0 aromatic rings. The van der Waals surface area contributed by atoms with Crippen LogP contribution < -0.4 is 0 Å². The molecule has 3 heteroatoms. The smallest absolute Gasteiger partial charge is 0.0633 e. The van der Waals surface area contributed by atoms with Crippen molar-refractivity contribution in [1.29, 1.82) is 0 Å². The summed E-state index contributed by atoms with van der Waals surface area (Å²) in [4.78, 5) is 0. The number of rotatable bonds is 7. The summed E-state index contributed by atoms with van der Waals surface area (Å²) in [7, 11) is 5.88. The second-order valence-electron chi connectivity index (χ2n) is 12.3. The Morgan fingerprint density at radius 1 is 0.903 bits per heavy atom. The van der Waals surface area contributed by atoms with Crippen molar-refractivity contribution in [2.45, 2.75) is 110 Å². The molecule has 0 saturated heterocycles. The molecule has 4 aliphatic rings. The summed E-state index contributed by atoms with van der Waals surface area (Å²) in [6.07, 6.45) is 14.3. The number of unbranched alkanes of at least 4 members (excludes halogenated alkanes) is 1. The van der Waals surface area contributed by atoms with Gasteiger partial charge in [0.15, 0.2) is 0 Å². The van der Waals surface area contributed by atoms with Crippen molar-refractivity contribution in [1.82, 2.24) is 0 Å². The first kappa shape index (κ1) is 24.0. The zero-order valence-corrected chi connectivity index (χ0v) is 21.5. The zero-order valence-electron chi connectivity index (χ0n) is 21.5. The average molecular weight is 435 g/mol. The quantitative estimate of drug-likeness (QED) is 0.444. The molecule has 0 aliphatic heterocycles. The minimum atomic E-state index is 0.298. The Morgan fingerprint density at radius 2 is 1.68 bits per heavy atom. The Morgan fingerprint density at radius 3 is 2.32 bits per heavy atom. The molecular weight excluding hydrogens is 384 g/mol. The van der Waals surface area contributed by atoms with Gasteiger partial charge in [-0.2, -0.15) is 0 Å². The van der Waals surface area contributed by atoms with Crippen LogP contribution in [0, 0.1) is 46.3 Å². The first-order valence-corrected chi connectivity index (χ1v) is 13.4. The van der Waals surface area contributed by atoms with Gasteiger partial charge in [-0.05, 0) is 85.9 Å². The Kier molecular flexibility index (Phi) is 7.17. The van der Waals surface area contributed by atoms with Crippen LogP contribution in [0.4, 0.5) is 0 Å². The predicted molar refractivity (Wildman–Crippen MR) is 127 cm³/mol. The fraction of sp³-hybridized carbons (Fsp3) is 1.00. The molecule has 31 heavy (non-hydrogen) atoms. The Labute approximate surface area is 192 Å². The highest BCUT2D eigenvalue weighted by Gasteiger charge is 2.66. The van der Waals surface area contributed by atoms with Crippen LogP contribution in [-0.2, 0) is 14.2 Å². The van der Waals surface area contributed by atoms with E-state index in [-0.39, 0.29) is 0 Å². The molecule has 0 amide bonds. The molecule has 0 spiro atoms. The Balaban J connectivity index is 1.66. The number of hydrogen-bond donors (Lipinski definition) is 0. The van der Waals surface area contributed by atoms with Crippen molar-refractivity contribution in [3.05, 3.63) is 0 Å². The van der Waals surface area contributed by atoms with Gasteiger partial charge in [0.1, 0.15) is 0 Å². The van der Waals surface area contributed by atoms with Crippen LogP contribution in [0.5, 0.6) is 0 Å². The molecule has 4 fully saturated rings. The van der Waals surface area contributed by atoms with Crippen LogP contribution in [0.25, 0.3) is 0 Å². The van der Waals surface area contributed by atoms with Crippen molar-refractivity contribution >= 4 is 0 Å². The Bertz CT molecular complexity index is 607. The highest BCUT2D eigenvalue weighted by atomic mass is 16.5. The van der Waals surface area contributed by atoms with E-state index in [1.807, 2.05) is 21.3 Å². The van der Waals surface area contributed by atoms with Crippen molar-refractivity contribution in [2.24, 2.45) is 46.3 Å². The van der Waals surface area contributed by atoms with E-state index in [4.69, 9.17) is 14.2 Å². The van der Waals surface area contributed by atoms with Crippen LogP contribution in [0.1, 0.15) is 91.9 Å². The normalized spacial score (nSPS) is 50.4. The lowest BCUT2D eigenvalue weighted by Gasteiger charge is -2.64. The van der Waals surface area contributed by atoms with Gasteiger partial charge in [-0.3, -0.25) is 0 Å². The summed E-state index contributed by atoms with van der Waals surface area (Å²) in [5.41, 5.74) is 0.714. The van der Waals surface area contributed by atoms with Gasteiger partial charge in [-0.1, -0.05) is 47.0 Å². The third-order valence-electron chi connectivity index (χ3n) is 11.4. The second kappa shape index (κ2) is 9.26. The summed E-state index contributed by atoms with van der Waals surface area (Å²) in [6.45, 7) is 10.1. The monoisotopic (exact) mass is 434 g/mol. The first-order chi connectivity index (χ1) is 14.8. The van der Waals surface area contributed by atoms with E-state index >= 15 is 0 Å². The minimum absolute atomic E-state index is 0.298. The lowest BCUT2D eigenvalue weighted by Crippen LogP contribution is -2.63. The zero-order chi connectivity index (χ0) is 22.4. The number of ether oxygens (including phenoxy) is 3. The topological polar surface area (TPSA) is 27.7 Å². The average Bonchev–Trinajstić information content (AvgIpc) is 3.13. The van der Waals surface area contributed by atoms with E-state index in [2.05, 4.69) is 27.7 Å². The molecule has 0 heterocycles. The van der Waals surface area contributed by atoms with Gasteiger partial charge in [0.05, 0.1) is 18.3 Å². The van der Waals surface area contributed by atoms with Gasteiger partial charge < -0.3 is 14.2 Å². The van der Waals surface area contributed by atoms with E-state index in [1.54, 1.807) is 0 Å². The van der Waals surface area contributed by atoms with Gasteiger partial charge in [0.2, 0.25) is 0 Å². The molecule has 4 saturated carbocycles.